The van der Waals surface area contributed by atoms with E-state index in [1.54, 1.807) is 18.2 Å². The number of carbonyl (C=O) groups excluding carboxylic acids is 1. The minimum atomic E-state index is -3.18. The van der Waals surface area contributed by atoms with Crippen molar-refractivity contribution in [1.82, 2.24) is 0 Å². The van der Waals surface area contributed by atoms with E-state index >= 15 is 0 Å². The first-order valence-corrected chi connectivity index (χ1v) is 11.0. The highest BCUT2D eigenvalue weighted by Gasteiger charge is 2.28. The molecule has 0 bridgehead atoms. The van der Waals surface area contributed by atoms with Crippen molar-refractivity contribution in [1.29, 1.82) is 0 Å². The number of nitrogens with zero attached hydrogens (tertiary/aromatic N) is 1. The Morgan fingerprint density at radius 2 is 1.75 bits per heavy atom. The van der Waals surface area contributed by atoms with Crippen molar-refractivity contribution in [3.63, 3.8) is 0 Å². The van der Waals surface area contributed by atoms with E-state index in [1.165, 1.54) is 10.4 Å². The zero-order valence-corrected chi connectivity index (χ0v) is 17.3. The fraction of sp³-hybridized carbons (Fsp3) is 0.318. The molecule has 3 rings (SSSR count). The van der Waals surface area contributed by atoms with E-state index in [9.17, 15) is 13.2 Å². The van der Waals surface area contributed by atoms with Crippen molar-refractivity contribution >= 4 is 33.4 Å². The van der Waals surface area contributed by atoms with Crippen LogP contribution < -0.4 is 9.62 Å². The van der Waals surface area contributed by atoms with Crippen LogP contribution in [0.15, 0.2) is 54.6 Å². The molecule has 1 N–H and O–H groups in total. The first-order chi connectivity index (χ1) is 13.2. The highest BCUT2D eigenvalue weighted by atomic mass is 32.2. The maximum Gasteiger partial charge on any atom is 0.248 e. The number of sulfonamides is 1. The van der Waals surface area contributed by atoms with Crippen LogP contribution in [0.4, 0.5) is 11.4 Å². The van der Waals surface area contributed by atoms with E-state index < -0.39 is 10.0 Å². The number of benzene rings is 2. The van der Waals surface area contributed by atoms with Crippen LogP contribution in [0, 0.1) is 0 Å². The summed E-state index contributed by atoms with van der Waals surface area (Å²) in [5, 5.41) is 2.94. The van der Waals surface area contributed by atoms with Gasteiger partial charge in [-0.2, -0.15) is 0 Å². The first-order valence-electron chi connectivity index (χ1n) is 9.36. The van der Waals surface area contributed by atoms with Crippen LogP contribution in [0.25, 0.3) is 6.08 Å². The predicted octanol–water partition coefficient (Wildman–Crippen LogP) is 4.18. The van der Waals surface area contributed by atoms with Gasteiger partial charge in [0.25, 0.3) is 0 Å². The molecule has 0 radical (unpaired) electrons. The summed E-state index contributed by atoms with van der Waals surface area (Å²) in [6, 6.07) is 15.0. The standard InChI is InChI=1S/C22H26N2O3S/c1-22(2,3)19-7-4-5-8-20(19)23-21(25)14-11-17-9-12-18(13-10-17)24-15-6-16-28(24,26)27/h4-5,7-14H,6,15-16H2,1-3H3,(H,23,25)/b14-11+. The van der Waals surface area contributed by atoms with Crippen LogP contribution in [-0.2, 0) is 20.2 Å². The maximum atomic E-state index is 12.3. The molecule has 0 atom stereocenters. The van der Waals surface area contributed by atoms with Crippen molar-refractivity contribution in [2.75, 3.05) is 21.9 Å². The Morgan fingerprint density at radius 3 is 2.36 bits per heavy atom. The van der Waals surface area contributed by atoms with Crippen LogP contribution in [0.1, 0.15) is 38.3 Å². The molecule has 28 heavy (non-hydrogen) atoms. The Balaban J connectivity index is 1.69. The van der Waals surface area contributed by atoms with Crippen molar-refractivity contribution in [3.8, 4) is 0 Å². The summed E-state index contributed by atoms with van der Waals surface area (Å²) < 4.78 is 25.4. The molecule has 5 nitrogen and oxygen atoms in total. The molecule has 148 valence electrons. The lowest BCUT2D eigenvalue weighted by molar-refractivity contribution is -0.111. The third kappa shape index (κ3) is 4.62. The van der Waals surface area contributed by atoms with Crippen molar-refractivity contribution < 1.29 is 13.2 Å². The molecule has 1 saturated heterocycles. The third-order valence-corrected chi connectivity index (χ3v) is 6.57. The largest absolute Gasteiger partial charge is 0.322 e. The number of para-hydroxylation sites is 1. The van der Waals surface area contributed by atoms with E-state index in [-0.39, 0.29) is 17.1 Å². The van der Waals surface area contributed by atoms with E-state index in [0.29, 0.717) is 18.7 Å². The molecule has 1 fully saturated rings. The van der Waals surface area contributed by atoms with Gasteiger partial charge in [0.05, 0.1) is 11.4 Å². The molecular weight excluding hydrogens is 372 g/mol. The molecule has 2 aromatic rings. The molecule has 0 unspecified atom stereocenters. The monoisotopic (exact) mass is 398 g/mol. The molecule has 1 amide bonds. The maximum absolute atomic E-state index is 12.3. The van der Waals surface area contributed by atoms with Gasteiger partial charge in [0, 0.05) is 18.3 Å². The minimum Gasteiger partial charge on any atom is -0.322 e. The lowest BCUT2D eigenvalue weighted by atomic mass is 9.86. The number of amides is 1. The van der Waals surface area contributed by atoms with Gasteiger partial charge < -0.3 is 5.32 Å². The van der Waals surface area contributed by atoms with Crippen molar-refractivity contribution in [3.05, 3.63) is 65.7 Å². The summed E-state index contributed by atoms with van der Waals surface area (Å²) in [4.78, 5) is 12.3. The van der Waals surface area contributed by atoms with E-state index in [2.05, 4.69) is 26.1 Å². The van der Waals surface area contributed by atoms with Gasteiger partial charge in [0.2, 0.25) is 15.9 Å². The van der Waals surface area contributed by atoms with Crippen LogP contribution in [0.2, 0.25) is 0 Å². The highest BCUT2D eigenvalue weighted by molar-refractivity contribution is 7.93. The molecular formula is C22H26N2O3S. The summed E-state index contributed by atoms with van der Waals surface area (Å²) in [6.45, 7) is 6.84. The van der Waals surface area contributed by atoms with E-state index in [0.717, 1.165) is 16.8 Å². The number of nitrogens with one attached hydrogen (secondary N) is 1. The van der Waals surface area contributed by atoms with E-state index in [1.807, 2.05) is 36.4 Å². The second kappa shape index (κ2) is 7.80. The lowest BCUT2D eigenvalue weighted by Crippen LogP contribution is -2.24. The summed E-state index contributed by atoms with van der Waals surface area (Å²) >= 11 is 0. The van der Waals surface area contributed by atoms with Gasteiger partial charge in [-0.15, -0.1) is 0 Å². The van der Waals surface area contributed by atoms with Gasteiger partial charge in [-0.3, -0.25) is 9.10 Å². The summed E-state index contributed by atoms with van der Waals surface area (Å²) in [7, 11) is -3.18. The van der Waals surface area contributed by atoms with Gasteiger partial charge in [0.15, 0.2) is 0 Å². The smallest absolute Gasteiger partial charge is 0.248 e. The molecule has 1 aliphatic heterocycles. The Morgan fingerprint density at radius 1 is 1.07 bits per heavy atom. The molecule has 1 aliphatic rings. The zero-order valence-electron chi connectivity index (χ0n) is 16.5. The Labute approximate surface area is 167 Å². The highest BCUT2D eigenvalue weighted by Crippen LogP contribution is 2.29. The molecule has 0 spiro atoms. The number of rotatable bonds is 4. The summed E-state index contributed by atoms with van der Waals surface area (Å²) in [6.07, 6.45) is 3.86. The second-order valence-corrected chi connectivity index (χ2v) is 9.96. The fourth-order valence-electron chi connectivity index (χ4n) is 3.27. The van der Waals surface area contributed by atoms with Gasteiger partial charge in [0.1, 0.15) is 0 Å². The fourth-order valence-corrected chi connectivity index (χ4v) is 4.84. The van der Waals surface area contributed by atoms with Gasteiger partial charge in [-0.05, 0) is 47.2 Å². The zero-order chi connectivity index (χ0) is 20.4. The quantitative estimate of drug-likeness (QED) is 0.786. The first kappa shape index (κ1) is 20.1. The molecule has 0 aliphatic carbocycles. The predicted molar refractivity (Wildman–Crippen MR) is 115 cm³/mol. The van der Waals surface area contributed by atoms with Crippen LogP contribution >= 0.6 is 0 Å². The molecule has 6 heteroatoms. The van der Waals surface area contributed by atoms with Crippen molar-refractivity contribution in [2.24, 2.45) is 0 Å². The summed E-state index contributed by atoms with van der Waals surface area (Å²) in [5.74, 6) is -0.00638. The van der Waals surface area contributed by atoms with Gasteiger partial charge in [-0.1, -0.05) is 51.1 Å². The number of carbonyl (C=O) groups is 1. The van der Waals surface area contributed by atoms with Crippen molar-refractivity contribution in [2.45, 2.75) is 32.6 Å². The Hall–Kier alpha value is -2.60. The SMILES string of the molecule is CC(C)(C)c1ccccc1NC(=O)/C=C/c1ccc(N2CCCS2(=O)=O)cc1. The molecule has 0 aromatic heterocycles. The number of hydrogen-bond donors (Lipinski definition) is 1. The molecule has 1 heterocycles. The normalized spacial score (nSPS) is 16.5. The summed E-state index contributed by atoms with van der Waals surface area (Å²) in [5.41, 5.74) is 3.31. The Kier molecular flexibility index (Phi) is 5.61. The second-order valence-electron chi connectivity index (χ2n) is 7.95. The van der Waals surface area contributed by atoms with Gasteiger partial charge in [-0.25, -0.2) is 8.42 Å². The molecule has 0 saturated carbocycles. The van der Waals surface area contributed by atoms with Gasteiger partial charge >= 0.3 is 0 Å². The molecule has 2 aromatic carbocycles. The minimum absolute atomic E-state index is 0.0701. The van der Waals surface area contributed by atoms with E-state index in [4.69, 9.17) is 0 Å². The average molecular weight is 399 g/mol. The Bertz CT molecular complexity index is 987. The topological polar surface area (TPSA) is 66.5 Å². The van der Waals surface area contributed by atoms with Crippen LogP contribution in [0.3, 0.4) is 0 Å². The average Bonchev–Trinajstić information content (AvgIpc) is 2.99. The lowest BCUT2D eigenvalue weighted by Gasteiger charge is -2.22. The third-order valence-electron chi connectivity index (χ3n) is 4.70. The van der Waals surface area contributed by atoms with Crippen LogP contribution in [-0.4, -0.2) is 26.6 Å². The van der Waals surface area contributed by atoms with Crippen LogP contribution in [0.5, 0.6) is 0 Å². The number of anilines is 2. The number of hydrogen-bond acceptors (Lipinski definition) is 3.